The Balaban J connectivity index is 1.32. The van der Waals surface area contributed by atoms with Gasteiger partial charge in [-0.05, 0) is 64.9 Å². The van der Waals surface area contributed by atoms with E-state index in [-0.39, 0.29) is 24.7 Å². The molecule has 3 aromatic rings. The maximum Gasteiger partial charge on any atom is 0.407 e. The lowest BCUT2D eigenvalue weighted by molar-refractivity contribution is -0.288. The molecule has 292 valence electrons. The van der Waals surface area contributed by atoms with Gasteiger partial charge in [-0.25, -0.2) is 9.59 Å². The summed E-state index contributed by atoms with van der Waals surface area (Å²) in [5.74, 6) is -4.30. The van der Waals surface area contributed by atoms with Crippen LogP contribution in [-0.2, 0) is 58.8 Å². The van der Waals surface area contributed by atoms with E-state index in [4.69, 9.17) is 33.2 Å². The molecule has 0 saturated carbocycles. The molecule has 1 aliphatic heterocycles. The summed E-state index contributed by atoms with van der Waals surface area (Å²) in [7, 11) is 0. The zero-order chi connectivity index (χ0) is 40.0. The number of nitrogens with one attached hydrogen (secondary N) is 1. The van der Waals surface area contributed by atoms with Crippen LogP contribution in [0.4, 0.5) is 4.79 Å². The van der Waals surface area contributed by atoms with E-state index in [1.54, 1.807) is 26.0 Å². The fourth-order valence-corrected chi connectivity index (χ4v) is 6.95. The molecular weight excluding hydrogens is 718 g/mol. The Morgan fingerprint density at radius 3 is 1.76 bits per heavy atom. The van der Waals surface area contributed by atoms with Crippen LogP contribution in [0.15, 0.2) is 60.7 Å². The second-order valence-electron chi connectivity index (χ2n) is 13.3. The van der Waals surface area contributed by atoms with Crippen LogP contribution >= 0.6 is 0 Å². The minimum atomic E-state index is -1.47. The largest absolute Gasteiger partial charge is 0.480 e. The van der Waals surface area contributed by atoms with Crippen LogP contribution in [0.25, 0.3) is 11.1 Å². The van der Waals surface area contributed by atoms with E-state index in [0.717, 1.165) is 49.9 Å². The average Bonchev–Trinajstić information content (AvgIpc) is 3.43. The minimum Gasteiger partial charge on any atom is -0.480 e. The molecule has 0 aromatic heterocycles. The van der Waals surface area contributed by atoms with Crippen molar-refractivity contribution in [2.24, 2.45) is 0 Å². The number of ether oxygens (including phenoxy) is 7. The van der Waals surface area contributed by atoms with Crippen molar-refractivity contribution in [1.82, 2.24) is 5.32 Å². The summed E-state index contributed by atoms with van der Waals surface area (Å²) in [4.78, 5) is 73.5. The third-order valence-electron chi connectivity index (χ3n) is 9.21. The number of fused-ring (bicyclic) bond motifs is 3. The first kappa shape index (κ1) is 40.2. The number of aliphatic carboxylic acids is 1. The lowest BCUT2D eigenvalue weighted by atomic mass is 9.95. The van der Waals surface area contributed by atoms with Crippen molar-refractivity contribution in [1.29, 1.82) is 0 Å². The van der Waals surface area contributed by atoms with Gasteiger partial charge in [-0.3, -0.25) is 19.2 Å². The summed E-state index contributed by atoms with van der Waals surface area (Å²) < 4.78 is 39.3. The van der Waals surface area contributed by atoms with Gasteiger partial charge in [-0.15, -0.1) is 0 Å². The van der Waals surface area contributed by atoms with Crippen molar-refractivity contribution in [3.63, 3.8) is 0 Å². The van der Waals surface area contributed by atoms with Gasteiger partial charge in [-0.1, -0.05) is 48.5 Å². The zero-order valence-electron chi connectivity index (χ0n) is 31.2. The Hall–Kier alpha value is -5.96. The van der Waals surface area contributed by atoms with Crippen molar-refractivity contribution in [2.45, 2.75) is 90.6 Å². The highest BCUT2D eigenvalue weighted by Crippen LogP contribution is 2.44. The molecule has 1 heterocycles. The van der Waals surface area contributed by atoms with Crippen LogP contribution in [0, 0.1) is 13.8 Å². The fourth-order valence-electron chi connectivity index (χ4n) is 6.95. The molecule has 15 nitrogen and oxygen atoms in total. The Morgan fingerprint density at radius 2 is 1.24 bits per heavy atom. The lowest BCUT2D eigenvalue weighted by Crippen LogP contribution is -2.63. The van der Waals surface area contributed by atoms with Gasteiger partial charge < -0.3 is 43.6 Å². The number of esters is 4. The topological polar surface area (TPSA) is 199 Å². The predicted octanol–water partition coefficient (Wildman–Crippen LogP) is 4.30. The molecule has 15 heteroatoms. The third-order valence-corrected chi connectivity index (χ3v) is 9.21. The number of amides is 1. The molecule has 0 radical (unpaired) electrons. The summed E-state index contributed by atoms with van der Waals surface area (Å²) in [6.07, 6.45) is -7.89. The first-order valence-corrected chi connectivity index (χ1v) is 17.5. The number of carbonyl (C=O) groups is 6. The Bertz CT molecular complexity index is 1890. The van der Waals surface area contributed by atoms with Gasteiger partial charge in [0.1, 0.15) is 31.1 Å². The fraction of sp³-hybridized carbons (Fsp3) is 0.400. The molecule has 0 unspecified atom stereocenters. The monoisotopic (exact) mass is 761 g/mol. The Morgan fingerprint density at radius 1 is 0.709 bits per heavy atom. The standard InChI is InChI=1S/C40H43NO14/c1-20-15-26(54-39-37(53-25(6)45)36(52-24(5)44)35(51-23(4)43)34(55-39)19-49-22(3)42)16-21(2)31(20)17-33(38(46)47)41-40(48)50-18-32-29-13-9-7-11-27(29)28-12-8-10-14-30(28)32/h7-16,32-37,39H,17-19H2,1-6H3,(H,41,48)(H,46,47)/t33-,34+,35+,36-,37+,39+/m0/s1. The number of benzene rings is 3. The minimum absolute atomic E-state index is 0.00946. The van der Waals surface area contributed by atoms with Crippen molar-refractivity contribution in [3.8, 4) is 16.9 Å². The second kappa shape index (κ2) is 17.5. The molecule has 1 saturated heterocycles. The Kier molecular flexibility index (Phi) is 12.8. The summed E-state index contributed by atoms with van der Waals surface area (Å²) in [6, 6.07) is 17.5. The van der Waals surface area contributed by atoms with Crippen LogP contribution in [0.3, 0.4) is 0 Å². The number of aryl methyl sites for hydroxylation is 2. The van der Waals surface area contributed by atoms with E-state index < -0.39 is 79.3 Å². The molecule has 1 fully saturated rings. The van der Waals surface area contributed by atoms with E-state index in [9.17, 15) is 33.9 Å². The maximum absolute atomic E-state index is 13.0. The van der Waals surface area contributed by atoms with Crippen molar-refractivity contribution in [2.75, 3.05) is 13.2 Å². The van der Waals surface area contributed by atoms with E-state index >= 15 is 0 Å². The molecule has 0 bridgehead atoms. The number of alkyl carbamates (subject to hydrolysis) is 1. The molecule has 6 atom stereocenters. The quantitative estimate of drug-likeness (QED) is 0.185. The van der Waals surface area contributed by atoms with Crippen LogP contribution in [0.5, 0.6) is 5.75 Å². The van der Waals surface area contributed by atoms with E-state index in [1.807, 2.05) is 48.5 Å². The van der Waals surface area contributed by atoms with Crippen molar-refractivity contribution < 1.29 is 67.0 Å². The molecular formula is C40H43NO14. The molecule has 1 aliphatic carbocycles. The van der Waals surface area contributed by atoms with Gasteiger partial charge in [0, 0.05) is 40.0 Å². The van der Waals surface area contributed by atoms with Gasteiger partial charge in [0.25, 0.3) is 0 Å². The van der Waals surface area contributed by atoms with Gasteiger partial charge in [0.2, 0.25) is 12.4 Å². The number of hydrogen-bond donors (Lipinski definition) is 2. The number of carbonyl (C=O) groups excluding carboxylic acids is 5. The first-order chi connectivity index (χ1) is 26.1. The molecule has 5 rings (SSSR count). The normalized spacial score (nSPS) is 20.5. The van der Waals surface area contributed by atoms with Crippen molar-refractivity contribution in [3.05, 3.63) is 88.5 Å². The Labute approximate surface area is 317 Å². The molecule has 55 heavy (non-hydrogen) atoms. The predicted molar refractivity (Wildman–Crippen MR) is 192 cm³/mol. The third kappa shape index (κ3) is 9.78. The highest BCUT2D eigenvalue weighted by atomic mass is 16.7. The van der Waals surface area contributed by atoms with Crippen LogP contribution in [-0.4, -0.2) is 91.0 Å². The highest BCUT2D eigenvalue weighted by Gasteiger charge is 2.53. The number of hydrogen-bond acceptors (Lipinski definition) is 13. The summed E-state index contributed by atoms with van der Waals surface area (Å²) in [5.41, 5.74) is 5.92. The molecule has 2 aliphatic rings. The summed E-state index contributed by atoms with van der Waals surface area (Å²) in [5, 5.41) is 12.6. The number of rotatable bonds is 13. The zero-order valence-corrected chi connectivity index (χ0v) is 31.2. The van der Waals surface area contributed by atoms with Gasteiger partial charge in [0.05, 0.1) is 0 Å². The lowest BCUT2D eigenvalue weighted by Gasteiger charge is -2.44. The number of carboxylic acids is 1. The first-order valence-electron chi connectivity index (χ1n) is 17.5. The molecule has 2 N–H and O–H groups in total. The molecule has 3 aromatic carbocycles. The van der Waals surface area contributed by atoms with E-state index in [1.165, 1.54) is 0 Å². The molecule has 0 spiro atoms. The molecule has 1 amide bonds. The van der Waals surface area contributed by atoms with Crippen LogP contribution in [0.2, 0.25) is 0 Å². The van der Waals surface area contributed by atoms with Gasteiger partial charge >= 0.3 is 35.9 Å². The van der Waals surface area contributed by atoms with Crippen LogP contribution in [0.1, 0.15) is 61.4 Å². The van der Waals surface area contributed by atoms with Gasteiger partial charge in [0.15, 0.2) is 12.2 Å². The average molecular weight is 762 g/mol. The maximum atomic E-state index is 13.0. The smallest absolute Gasteiger partial charge is 0.407 e. The van der Waals surface area contributed by atoms with E-state index in [2.05, 4.69) is 5.32 Å². The summed E-state index contributed by atoms with van der Waals surface area (Å²) >= 11 is 0. The van der Waals surface area contributed by atoms with Crippen LogP contribution < -0.4 is 10.1 Å². The van der Waals surface area contributed by atoms with Gasteiger partial charge in [-0.2, -0.15) is 0 Å². The second-order valence-corrected chi connectivity index (χ2v) is 13.3. The van der Waals surface area contributed by atoms with Crippen molar-refractivity contribution >= 4 is 35.9 Å². The van der Waals surface area contributed by atoms with E-state index in [0.29, 0.717) is 16.7 Å². The summed E-state index contributed by atoms with van der Waals surface area (Å²) in [6.45, 7) is 7.53. The highest BCUT2D eigenvalue weighted by molar-refractivity contribution is 5.81. The number of carboxylic acid groups (broad SMARTS) is 1. The SMILES string of the molecule is CC(=O)OC[C@H]1O[C@@H](Oc2cc(C)c(C[C@H](NC(=O)OCC3c4ccccc4-c4ccccc43)C(=O)O)c(C)c2)[C@H](OC(C)=O)[C@@H](OC(C)=O)[C@@H]1OC(C)=O.